The summed E-state index contributed by atoms with van der Waals surface area (Å²) in [6, 6.07) is -1.06. The van der Waals surface area contributed by atoms with Gasteiger partial charge in [-0.25, -0.2) is 9.69 Å². The monoisotopic (exact) mass is 286 g/mol. The second-order valence-corrected chi connectivity index (χ2v) is 4.31. The molecule has 1 fully saturated rings. The molecule has 0 aromatic rings. The summed E-state index contributed by atoms with van der Waals surface area (Å²) in [5.41, 5.74) is -2.02. The van der Waals surface area contributed by atoms with Crippen LogP contribution in [-0.4, -0.2) is 46.5 Å². The van der Waals surface area contributed by atoms with E-state index in [1.807, 2.05) is 5.32 Å². The third-order valence-corrected chi connectivity index (χ3v) is 2.57. The molecular weight excluding hydrogens is 272 g/mol. The zero-order valence-electron chi connectivity index (χ0n) is 11.4. The predicted molar refractivity (Wildman–Crippen MR) is 61.8 cm³/mol. The van der Waals surface area contributed by atoms with E-state index in [0.29, 0.717) is 4.90 Å². The largest absolute Gasteiger partial charge is 0.443 e. The summed E-state index contributed by atoms with van der Waals surface area (Å²) in [5, 5.41) is 1.87. The van der Waals surface area contributed by atoms with Gasteiger partial charge < -0.3 is 9.47 Å². The summed E-state index contributed by atoms with van der Waals surface area (Å²) in [4.78, 5) is 57.8. The Hall–Kier alpha value is -2.45. The van der Waals surface area contributed by atoms with Crippen LogP contribution in [0.3, 0.4) is 0 Å². The first-order valence-electron chi connectivity index (χ1n) is 5.61. The molecule has 0 aromatic carbocycles. The number of carbonyl (C=O) groups excluding carboxylic acids is 5. The van der Waals surface area contributed by atoms with Crippen molar-refractivity contribution in [2.75, 3.05) is 0 Å². The molecule has 0 radical (unpaired) electrons. The molecule has 0 saturated carbocycles. The van der Waals surface area contributed by atoms with Crippen LogP contribution in [-0.2, 0) is 28.7 Å². The van der Waals surface area contributed by atoms with Gasteiger partial charge in [0.05, 0.1) is 0 Å². The Morgan fingerprint density at radius 2 is 1.70 bits per heavy atom. The molecule has 0 aromatic heterocycles. The number of carbonyl (C=O) groups is 5. The third kappa shape index (κ3) is 2.76. The molecule has 0 bridgehead atoms. The molecule has 20 heavy (non-hydrogen) atoms. The van der Waals surface area contributed by atoms with E-state index < -0.39 is 41.6 Å². The van der Waals surface area contributed by atoms with E-state index in [0.717, 1.165) is 27.7 Å². The number of hydrogen-bond acceptors (Lipinski definition) is 7. The van der Waals surface area contributed by atoms with Gasteiger partial charge in [0, 0.05) is 20.8 Å². The van der Waals surface area contributed by atoms with E-state index in [1.165, 1.54) is 0 Å². The molecule has 9 nitrogen and oxygen atoms in total. The fraction of sp³-hybridized carbons (Fsp3) is 0.545. The molecule has 0 spiro atoms. The first-order chi connectivity index (χ1) is 9.09. The van der Waals surface area contributed by atoms with Crippen molar-refractivity contribution in [1.29, 1.82) is 0 Å². The van der Waals surface area contributed by atoms with Crippen molar-refractivity contribution in [2.24, 2.45) is 0 Å². The molecule has 0 unspecified atom stereocenters. The lowest BCUT2D eigenvalue weighted by atomic mass is 9.99. The minimum atomic E-state index is -2.02. The van der Waals surface area contributed by atoms with Gasteiger partial charge in [-0.15, -0.1) is 0 Å². The maximum absolute atomic E-state index is 11.9. The van der Waals surface area contributed by atoms with Gasteiger partial charge in [0.25, 0.3) is 5.91 Å². The molecule has 1 rings (SSSR count). The van der Waals surface area contributed by atoms with Gasteiger partial charge in [-0.2, -0.15) is 0 Å². The van der Waals surface area contributed by atoms with Crippen molar-refractivity contribution in [3.8, 4) is 0 Å². The van der Waals surface area contributed by atoms with E-state index in [1.54, 1.807) is 0 Å². The third-order valence-electron chi connectivity index (χ3n) is 2.57. The summed E-state index contributed by atoms with van der Waals surface area (Å²) in [7, 11) is 0. The highest BCUT2D eigenvalue weighted by Crippen LogP contribution is 2.27. The van der Waals surface area contributed by atoms with Crippen LogP contribution >= 0.6 is 0 Å². The fourth-order valence-corrected chi connectivity index (χ4v) is 1.77. The second kappa shape index (κ2) is 5.27. The van der Waals surface area contributed by atoms with Crippen molar-refractivity contribution in [3.63, 3.8) is 0 Å². The highest BCUT2D eigenvalue weighted by molar-refractivity contribution is 6.08. The normalized spacial score (nSPS) is 25.8. The van der Waals surface area contributed by atoms with Crippen LogP contribution in [0.5, 0.6) is 0 Å². The number of rotatable bonds is 2. The number of imide groups is 2. The van der Waals surface area contributed by atoms with Crippen LogP contribution < -0.4 is 5.32 Å². The Kier molecular flexibility index (Phi) is 4.11. The van der Waals surface area contributed by atoms with Crippen LogP contribution in [0.25, 0.3) is 0 Å². The Morgan fingerprint density at radius 3 is 2.10 bits per heavy atom. The summed E-state index contributed by atoms with van der Waals surface area (Å²) in [6.07, 6.45) is -1.66. The number of amides is 4. The molecule has 1 saturated heterocycles. The Morgan fingerprint density at radius 1 is 1.15 bits per heavy atom. The molecule has 110 valence electrons. The van der Waals surface area contributed by atoms with E-state index in [-0.39, 0.29) is 0 Å². The average Bonchev–Trinajstić information content (AvgIpc) is 2.23. The van der Waals surface area contributed by atoms with E-state index in [4.69, 9.17) is 9.47 Å². The zero-order chi connectivity index (χ0) is 15.7. The van der Waals surface area contributed by atoms with E-state index in [9.17, 15) is 24.0 Å². The summed E-state index contributed by atoms with van der Waals surface area (Å²) < 4.78 is 9.69. The van der Waals surface area contributed by atoms with Crippen LogP contribution in [0.4, 0.5) is 4.79 Å². The zero-order valence-corrected chi connectivity index (χ0v) is 11.4. The summed E-state index contributed by atoms with van der Waals surface area (Å²) in [5.74, 6) is -3.44. The molecule has 1 aliphatic heterocycles. The Labute approximate surface area is 114 Å². The molecule has 1 N–H and O–H groups in total. The predicted octanol–water partition coefficient (Wildman–Crippen LogP) is -0.704. The molecule has 2 atom stereocenters. The van der Waals surface area contributed by atoms with Crippen molar-refractivity contribution >= 4 is 29.8 Å². The van der Waals surface area contributed by atoms with Gasteiger partial charge >= 0.3 is 18.0 Å². The highest BCUT2D eigenvalue weighted by atomic mass is 16.6. The van der Waals surface area contributed by atoms with Crippen molar-refractivity contribution in [2.45, 2.75) is 39.5 Å². The Bertz CT molecular complexity index is 501. The topological polar surface area (TPSA) is 119 Å². The summed E-state index contributed by atoms with van der Waals surface area (Å²) in [6.45, 7) is 4.25. The number of nitrogens with zero attached hydrogens (tertiary/aromatic N) is 1. The Balaban J connectivity index is 3.31. The molecule has 0 aliphatic carbocycles. The van der Waals surface area contributed by atoms with Gasteiger partial charge in [0.2, 0.25) is 17.7 Å². The lowest BCUT2D eigenvalue weighted by Gasteiger charge is -2.42. The highest BCUT2D eigenvalue weighted by Gasteiger charge is 2.57. The standard InChI is InChI=1S/C11H14N2O7/c1-5(14)13-9(19-6(2)15)11(4,20-7(3)16)8(17)12-10(13)18/h9H,1-4H3,(H,12,17,18)/t9-,11+/m1/s1. The smallest absolute Gasteiger partial charge is 0.334 e. The van der Waals surface area contributed by atoms with Crippen molar-refractivity contribution in [3.05, 3.63) is 0 Å². The van der Waals surface area contributed by atoms with Crippen LogP contribution in [0.1, 0.15) is 27.7 Å². The molecule has 9 heteroatoms. The second-order valence-electron chi connectivity index (χ2n) is 4.31. The lowest BCUT2D eigenvalue weighted by Crippen LogP contribution is -2.71. The number of urea groups is 1. The molecule has 1 aliphatic rings. The van der Waals surface area contributed by atoms with E-state index in [2.05, 4.69) is 0 Å². The molecule has 4 amide bonds. The van der Waals surface area contributed by atoms with Gasteiger partial charge in [0.1, 0.15) is 0 Å². The SMILES string of the molecule is CC(=O)O[C@H]1N(C(C)=O)C(=O)NC(=O)[C@]1(C)OC(C)=O. The first-order valence-corrected chi connectivity index (χ1v) is 5.61. The number of hydrogen-bond donors (Lipinski definition) is 1. The van der Waals surface area contributed by atoms with Crippen LogP contribution in [0.2, 0.25) is 0 Å². The lowest BCUT2D eigenvalue weighted by molar-refractivity contribution is -0.206. The minimum Gasteiger partial charge on any atom is -0.443 e. The maximum atomic E-state index is 11.9. The quantitative estimate of drug-likeness (QED) is 0.666. The van der Waals surface area contributed by atoms with Gasteiger partial charge in [0.15, 0.2) is 0 Å². The number of nitrogens with one attached hydrogen (secondary N) is 1. The average molecular weight is 286 g/mol. The maximum Gasteiger partial charge on any atom is 0.334 e. The number of esters is 2. The molecule has 1 heterocycles. The minimum absolute atomic E-state index is 0.506. The first kappa shape index (κ1) is 15.6. The van der Waals surface area contributed by atoms with Crippen LogP contribution in [0, 0.1) is 0 Å². The van der Waals surface area contributed by atoms with Crippen molar-refractivity contribution < 1.29 is 33.4 Å². The van der Waals surface area contributed by atoms with Crippen molar-refractivity contribution in [1.82, 2.24) is 10.2 Å². The fourth-order valence-electron chi connectivity index (χ4n) is 1.77. The molecular formula is C11H14N2O7. The van der Waals surface area contributed by atoms with Gasteiger partial charge in [-0.3, -0.25) is 24.5 Å². The van der Waals surface area contributed by atoms with E-state index >= 15 is 0 Å². The van der Waals surface area contributed by atoms with Gasteiger partial charge in [-0.1, -0.05) is 0 Å². The summed E-state index contributed by atoms with van der Waals surface area (Å²) >= 11 is 0. The van der Waals surface area contributed by atoms with Gasteiger partial charge in [-0.05, 0) is 6.92 Å². The number of ether oxygens (including phenoxy) is 2. The van der Waals surface area contributed by atoms with Crippen LogP contribution in [0.15, 0.2) is 0 Å².